The van der Waals surface area contributed by atoms with E-state index >= 15 is 0 Å². The molecule has 6 heteroatoms. The minimum atomic E-state index is -1.24. The van der Waals surface area contributed by atoms with Crippen molar-refractivity contribution < 1.29 is 14.7 Å². The van der Waals surface area contributed by atoms with E-state index in [2.05, 4.69) is 5.32 Å². The predicted molar refractivity (Wildman–Crippen MR) is 80.2 cm³/mol. The van der Waals surface area contributed by atoms with Crippen molar-refractivity contribution in [2.75, 3.05) is 25.0 Å². The van der Waals surface area contributed by atoms with Gasteiger partial charge in [0.25, 0.3) is 0 Å². The van der Waals surface area contributed by atoms with Crippen LogP contribution in [0.15, 0.2) is 18.2 Å². The molecule has 0 spiro atoms. The summed E-state index contributed by atoms with van der Waals surface area (Å²) in [6.45, 7) is 4.76. The molecule has 114 valence electrons. The quantitative estimate of drug-likeness (QED) is 0.760. The van der Waals surface area contributed by atoms with Crippen LogP contribution in [-0.4, -0.2) is 47.1 Å². The summed E-state index contributed by atoms with van der Waals surface area (Å²) in [6, 6.07) is 5.86. The van der Waals surface area contributed by atoms with Gasteiger partial charge in [-0.15, -0.1) is 0 Å². The number of likely N-dealkylation sites (tertiary alicyclic amines) is 1. The molecule has 1 unspecified atom stereocenters. The molecule has 1 aromatic carbocycles. The molecular weight excluding hydrogens is 270 g/mol. The summed E-state index contributed by atoms with van der Waals surface area (Å²) in [7, 11) is 0. The van der Waals surface area contributed by atoms with Gasteiger partial charge in [-0.3, -0.25) is 14.5 Å². The normalized spacial score (nSPS) is 22.2. The largest absolute Gasteiger partial charge is 0.480 e. The number of carboxylic acid groups (broad SMARTS) is 1. The monoisotopic (exact) mass is 291 g/mol. The van der Waals surface area contributed by atoms with Gasteiger partial charge < -0.3 is 16.2 Å². The van der Waals surface area contributed by atoms with Gasteiger partial charge in [-0.2, -0.15) is 0 Å². The Hall–Kier alpha value is -1.92. The highest BCUT2D eigenvalue weighted by atomic mass is 16.4. The highest BCUT2D eigenvalue weighted by Gasteiger charge is 2.41. The van der Waals surface area contributed by atoms with Crippen LogP contribution >= 0.6 is 0 Å². The van der Waals surface area contributed by atoms with E-state index in [1.165, 1.54) is 0 Å². The molecule has 2 rings (SSSR count). The van der Waals surface area contributed by atoms with Gasteiger partial charge in [0.15, 0.2) is 0 Å². The van der Waals surface area contributed by atoms with Gasteiger partial charge in [0.05, 0.1) is 6.54 Å². The number of amides is 1. The van der Waals surface area contributed by atoms with E-state index in [-0.39, 0.29) is 19.0 Å². The summed E-state index contributed by atoms with van der Waals surface area (Å²) in [5.74, 6) is -1.17. The summed E-state index contributed by atoms with van der Waals surface area (Å²) < 4.78 is 0. The fraction of sp³-hybridized carbons (Fsp3) is 0.467. The smallest absolute Gasteiger partial charge is 0.325 e. The average molecular weight is 291 g/mol. The molecule has 1 aliphatic heterocycles. The van der Waals surface area contributed by atoms with Crippen molar-refractivity contribution in [3.8, 4) is 0 Å². The lowest BCUT2D eigenvalue weighted by Gasteiger charge is -2.20. The van der Waals surface area contributed by atoms with Crippen molar-refractivity contribution in [1.82, 2.24) is 4.90 Å². The van der Waals surface area contributed by atoms with Crippen LogP contribution in [0.2, 0.25) is 0 Å². The van der Waals surface area contributed by atoms with Crippen molar-refractivity contribution in [3.63, 3.8) is 0 Å². The molecule has 6 nitrogen and oxygen atoms in total. The molecule has 0 radical (unpaired) electrons. The number of hydrogen-bond acceptors (Lipinski definition) is 4. The summed E-state index contributed by atoms with van der Waals surface area (Å²) in [5.41, 5.74) is 7.41. The van der Waals surface area contributed by atoms with Crippen molar-refractivity contribution in [3.05, 3.63) is 29.3 Å². The number of nitrogens with zero attached hydrogens (tertiary/aromatic N) is 1. The number of benzene rings is 1. The van der Waals surface area contributed by atoms with E-state index in [9.17, 15) is 9.59 Å². The topological polar surface area (TPSA) is 95.7 Å². The van der Waals surface area contributed by atoms with Gasteiger partial charge in [-0.1, -0.05) is 12.1 Å². The molecule has 1 aromatic rings. The minimum Gasteiger partial charge on any atom is -0.480 e. The molecule has 1 aliphatic rings. The van der Waals surface area contributed by atoms with Gasteiger partial charge in [-0.05, 0) is 37.5 Å². The van der Waals surface area contributed by atoms with E-state index < -0.39 is 11.5 Å². The number of carboxylic acids is 1. The summed E-state index contributed by atoms with van der Waals surface area (Å²) >= 11 is 0. The number of hydrogen-bond donors (Lipinski definition) is 3. The van der Waals surface area contributed by atoms with Crippen LogP contribution in [0.5, 0.6) is 0 Å². The Kier molecular flexibility index (Phi) is 4.29. The number of aryl methyl sites for hydroxylation is 2. The van der Waals surface area contributed by atoms with Crippen LogP contribution < -0.4 is 11.1 Å². The highest BCUT2D eigenvalue weighted by Crippen LogP contribution is 2.20. The maximum atomic E-state index is 12.1. The Balaban J connectivity index is 1.94. The number of carbonyl (C=O) groups excluding carboxylic acids is 1. The Bertz CT molecular complexity index is 573. The van der Waals surface area contributed by atoms with E-state index in [0.717, 1.165) is 16.8 Å². The molecule has 0 saturated carbocycles. The van der Waals surface area contributed by atoms with Crippen molar-refractivity contribution in [1.29, 1.82) is 0 Å². The molecule has 4 N–H and O–H groups in total. The first-order valence-corrected chi connectivity index (χ1v) is 6.92. The van der Waals surface area contributed by atoms with Crippen LogP contribution in [0.1, 0.15) is 17.5 Å². The molecule has 0 aromatic heterocycles. The molecule has 1 amide bonds. The Labute approximate surface area is 123 Å². The van der Waals surface area contributed by atoms with Gasteiger partial charge in [0.2, 0.25) is 5.91 Å². The third-order valence-electron chi connectivity index (χ3n) is 3.84. The van der Waals surface area contributed by atoms with E-state index in [4.69, 9.17) is 10.8 Å². The first-order chi connectivity index (χ1) is 9.80. The molecule has 1 atom stereocenters. The van der Waals surface area contributed by atoms with Crippen molar-refractivity contribution in [2.24, 2.45) is 5.73 Å². The SMILES string of the molecule is Cc1ccc(C)c(NC(=O)CN2CCC(N)(C(=O)O)C2)c1. The third kappa shape index (κ3) is 3.59. The van der Waals surface area contributed by atoms with Crippen LogP contribution in [0.3, 0.4) is 0 Å². The zero-order chi connectivity index (χ0) is 15.6. The van der Waals surface area contributed by atoms with Gasteiger partial charge >= 0.3 is 5.97 Å². The Morgan fingerprint density at radius 3 is 2.76 bits per heavy atom. The summed E-state index contributed by atoms with van der Waals surface area (Å²) in [4.78, 5) is 24.9. The van der Waals surface area contributed by atoms with Crippen molar-refractivity contribution >= 4 is 17.6 Å². The van der Waals surface area contributed by atoms with Crippen LogP contribution in [0.4, 0.5) is 5.69 Å². The molecule has 1 heterocycles. The fourth-order valence-corrected chi connectivity index (χ4v) is 2.49. The molecular formula is C15H21N3O3. The molecule has 0 aliphatic carbocycles. The number of carbonyl (C=O) groups is 2. The molecule has 1 saturated heterocycles. The van der Waals surface area contributed by atoms with Gasteiger partial charge in [-0.25, -0.2) is 0 Å². The summed E-state index contributed by atoms with van der Waals surface area (Å²) in [6.07, 6.45) is 0.360. The van der Waals surface area contributed by atoms with E-state index in [1.54, 1.807) is 4.90 Å². The maximum Gasteiger partial charge on any atom is 0.325 e. The average Bonchev–Trinajstić information content (AvgIpc) is 2.77. The summed E-state index contributed by atoms with van der Waals surface area (Å²) in [5, 5.41) is 11.9. The number of anilines is 1. The Morgan fingerprint density at radius 2 is 2.14 bits per heavy atom. The fourth-order valence-electron chi connectivity index (χ4n) is 2.49. The second-order valence-electron chi connectivity index (χ2n) is 5.79. The zero-order valence-corrected chi connectivity index (χ0v) is 12.3. The second-order valence-corrected chi connectivity index (χ2v) is 5.79. The first-order valence-electron chi connectivity index (χ1n) is 6.92. The van der Waals surface area contributed by atoms with E-state index in [0.29, 0.717) is 13.0 Å². The van der Waals surface area contributed by atoms with E-state index in [1.807, 2.05) is 32.0 Å². The predicted octanol–water partition coefficient (Wildman–Crippen LogP) is 0.730. The van der Waals surface area contributed by atoms with Crippen molar-refractivity contribution in [2.45, 2.75) is 25.8 Å². The number of nitrogens with one attached hydrogen (secondary N) is 1. The molecule has 0 bridgehead atoms. The van der Waals surface area contributed by atoms with Crippen LogP contribution in [0, 0.1) is 13.8 Å². The molecule has 21 heavy (non-hydrogen) atoms. The third-order valence-corrected chi connectivity index (χ3v) is 3.84. The maximum absolute atomic E-state index is 12.1. The lowest BCUT2D eigenvalue weighted by Crippen LogP contribution is -2.50. The minimum absolute atomic E-state index is 0.152. The zero-order valence-electron chi connectivity index (χ0n) is 12.3. The first kappa shape index (κ1) is 15.5. The highest BCUT2D eigenvalue weighted by molar-refractivity contribution is 5.93. The number of aliphatic carboxylic acids is 1. The van der Waals surface area contributed by atoms with Gasteiger partial charge in [0.1, 0.15) is 5.54 Å². The number of nitrogens with two attached hydrogens (primary N) is 1. The lowest BCUT2D eigenvalue weighted by molar-refractivity contribution is -0.143. The van der Waals surface area contributed by atoms with Gasteiger partial charge in [0, 0.05) is 18.8 Å². The Morgan fingerprint density at radius 1 is 1.43 bits per heavy atom. The second kappa shape index (κ2) is 5.83. The molecule has 1 fully saturated rings. The lowest BCUT2D eigenvalue weighted by atomic mass is 10.0. The van der Waals surface area contributed by atoms with Crippen LogP contribution in [-0.2, 0) is 9.59 Å². The standard InChI is InChI=1S/C15H21N3O3/c1-10-3-4-11(2)12(7-10)17-13(19)8-18-6-5-15(16,9-18)14(20)21/h3-4,7H,5-6,8-9,16H2,1-2H3,(H,17,19)(H,20,21). The number of rotatable bonds is 4. The van der Waals surface area contributed by atoms with Crippen LogP contribution in [0.25, 0.3) is 0 Å².